The maximum Gasteiger partial charge on any atom is 0.300 e. The lowest BCUT2D eigenvalue weighted by molar-refractivity contribution is -0.132. The van der Waals surface area contributed by atoms with Crippen molar-refractivity contribution in [2.45, 2.75) is 39.2 Å². The summed E-state index contributed by atoms with van der Waals surface area (Å²) < 4.78 is 22.3. The summed E-state index contributed by atoms with van der Waals surface area (Å²) in [6.07, 6.45) is 3.15. The average Bonchev–Trinajstić information content (AvgIpc) is 3.25. The molecule has 4 rings (SSSR count). The van der Waals surface area contributed by atoms with Gasteiger partial charge >= 0.3 is 0 Å². The second-order valence-electron chi connectivity index (χ2n) is 9.29. The van der Waals surface area contributed by atoms with Crippen molar-refractivity contribution in [2.24, 2.45) is 0 Å². The number of benzene rings is 3. The molecule has 1 amide bonds. The standard InChI is InChI=1S/C32H35NO7/c1-5-7-8-19-40-25-14-9-21(10-15-25)30(34)28-29(22-11-18-26(38-4)27(20-22)39-6-2)33(32(36)31(28)35)23-12-16-24(37-3)17-13-23/h9-18,20,29,34H,5-8,19H2,1-4H3/b30-28-. The van der Waals surface area contributed by atoms with Gasteiger partial charge in [-0.1, -0.05) is 25.8 Å². The summed E-state index contributed by atoms with van der Waals surface area (Å²) in [5.41, 5.74) is 1.44. The number of Topliss-reactive ketones (excluding diaryl/α,β-unsaturated/α-hetero) is 1. The molecule has 1 aliphatic rings. The van der Waals surface area contributed by atoms with Crippen LogP contribution in [0, 0.1) is 0 Å². The Morgan fingerprint density at radius 2 is 1.52 bits per heavy atom. The lowest BCUT2D eigenvalue weighted by Gasteiger charge is -2.26. The SMILES string of the molecule is CCCCCOc1ccc(/C(O)=C2/C(=O)C(=O)N(c3ccc(OC)cc3)C2c2ccc(OC)c(OCC)c2)cc1. The van der Waals surface area contributed by atoms with Gasteiger partial charge in [0.2, 0.25) is 0 Å². The van der Waals surface area contributed by atoms with E-state index < -0.39 is 17.7 Å². The van der Waals surface area contributed by atoms with Crippen molar-refractivity contribution in [1.82, 2.24) is 0 Å². The van der Waals surface area contributed by atoms with Crippen LogP contribution in [-0.4, -0.2) is 44.2 Å². The molecule has 40 heavy (non-hydrogen) atoms. The van der Waals surface area contributed by atoms with E-state index in [1.54, 1.807) is 73.8 Å². The monoisotopic (exact) mass is 545 g/mol. The molecule has 8 nitrogen and oxygen atoms in total. The number of aliphatic hydroxyl groups excluding tert-OH is 1. The van der Waals surface area contributed by atoms with Crippen LogP contribution in [0.15, 0.2) is 72.3 Å². The predicted molar refractivity (Wildman–Crippen MR) is 153 cm³/mol. The number of hydrogen-bond acceptors (Lipinski definition) is 7. The van der Waals surface area contributed by atoms with Crippen molar-refractivity contribution in [3.05, 3.63) is 83.4 Å². The molecule has 3 aromatic rings. The molecule has 210 valence electrons. The third-order valence-corrected chi connectivity index (χ3v) is 6.74. The number of unbranched alkanes of at least 4 members (excludes halogenated alkanes) is 2. The minimum Gasteiger partial charge on any atom is -0.507 e. The molecule has 1 aliphatic heterocycles. The van der Waals surface area contributed by atoms with Crippen LogP contribution >= 0.6 is 0 Å². The number of nitrogens with zero attached hydrogens (tertiary/aromatic N) is 1. The molecule has 0 spiro atoms. The number of aliphatic hydroxyl groups is 1. The van der Waals surface area contributed by atoms with Gasteiger partial charge in [0.25, 0.3) is 11.7 Å². The molecular weight excluding hydrogens is 510 g/mol. The zero-order chi connectivity index (χ0) is 28.6. The molecule has 1 unspecified atom stereocenters. The summed E-state index contributed by atoms with van der Waals surface area (Å²) in [7, 11) is 3.09. The molecule has 0 aliphatic carbocycles. The highest BCUT2D eigenvalue weighted by Crippen LogP contribution is 2.44. The molecule has 1 atom stereocenters. The van der Waals surface area contributed by atoms with E-state index in [-0.39, 0.29) is 11.3 Å². The van der Waals surface area contributed by atoms with Crippen LogP contribution in [0.25, 0.3) is 5.76 Å². The molecule has 8 heteroatoms. The Kier molecular flexibility index (Phi) is 9.32. The fourth-order valence-corrected chi connectivity index (χ4v) is 4.70. The first-order valence-electron chi connectivity index (χ1n) is 13.4. The molecule has 0 aromatic heterocycles. The predicted octanol–water partition coefficient (Wildman–Crippen LogP) is 6.30. The Labute approximate surface area is 234 Å². The van der Waals surface area contributed by atoms with Crippen LogP contribution in [-0.2, 0) is 9.59 Å². The fraction of sp³-hybridized carbons (Fsp3) is 0.312. The first-order valence-corrected chi connectivity index (χ1v) is 13.4. The summed E-state index contributed by atoms with van der Waals surface area (Å²) in [6.45, 7) is 4.98. The normalized spacial score (nSPS) is 16.2. The van der Waals surface area contributed by atoms with Gasteiger partial charge in [-0.15, -0.1) is 0 Å². The number of ketones is 1. The topological polar surface area (TPSA) is 94.5 Å². The molecule has 1 saturated heterocycles. The van der Waals surface area contributed by atoms with Crippen molar-refractivity contribution >= 4 is 23.1 Å². The number of carbonyl (C=O) groups is 2. The van der Waals surface area contributed by atoms with E-state index in [0.29, 0.717) is 53.0 Å². The first kappa shape index (κ1) is 28.5. The average molecular weight is 546 g/mol. The number of hydrogen-bond donors (Lipinski definition) is 1. The first-order chi connectivity index (χ1) is 19.4. The van der Waals surface area contributed by atoms with Crippen LogP contribution in [0.5, 0.6) is 23.0 Å². The molecule has 1 fully saturated rings. The van der Waals surface area contributed by atoms with E-state index in [2.05, 4.69) is 6.92 Å². The number of ether oxygens (including phenoxy) is 4. The van der Waals surface area contributed by atoms with Crippen LogP contribution in [0.4, 0.5) is 5.69 Å². The van der Waals surface area contributed by atoms with Crippen LogP contribution in [0.1, 0.15) is 50.3 Å². The van der Waals surface area contributed by atoms with E-state index in [4.69, 9.17) is 18.9 Å². The second-order valence-corrected chi connectivity index (χ2v) is 9.29. The van der Waals surface area contributed by atoms with Gasteiger partial charge in [0.15, 0.2) is 11.5 Å². The van der Waals surface area contributed by atoms with Crippen molar-refractivity contribution in [1.29, 1.82) is 0 Å². The van der Waals surface area contributed by atoms with E-state index in [1.807, 2.05) is 6.92 Å². The van der Waals surface area contributed by atoms with Crippen molar-refractivity contribution in [3.8, 4) is 23.0 Å². The van der Waals surface area contributed by atoms with Crippen LogP contribution in [0.3, 0.4) is 0 Å². The summed E-state index contributed by atoms with van der Waals surface area (Å²) >= 11 is 0. The summed E-state index contributed by atoms with van der Waals surface area (Å²) in [5, 5.41) is 11.5. The zero-order valence-electron chi connectivity index (χ0n) is 23.3. The largest absolute Gasteiger partial charge is 0.507 e. The van der Waals surface area contributed by atoms with Crippen molar-refractivity contribution in [3.63, 3.8) is 0 Å². The molecule has 0 saturated carbocycles. The van der Waals surface area contributed by atoms with Gasteiger partial charge < -0.3 is 24.1 Å². The van der Waals surface area contributed by atoms with E-state index >= 15 is 0 Å². The van der Waals surface area contributed by atoms with E-state index in [1.165, 1.54) is 12.0 Å². The van der Waals surface area contributed by atoms with Gasteiger partial charge in [-0.25, -0.2) is 0 Å². The van der Waals surface area contributed by atoms with Gasteiger partial charge in [0, 0.05) is 11.3 Å². The zero-order valence-corrected chi connectivity index (χ0v) is 23.3. The Morgan fingerprint density at radius 1 is 0.825 bits per heavy atom. The molecule has 1 N–H and O–H groups in total. The third kappa shape index (κ3) is 5.91. The quantitative estimate of drug-likeness (QED) is 0.124. The van der Waals surface area contributed by atoms with Gasteiger partial charge in [-0.05, 0) is 79.6 Å². The Hall–Kier alpha value is -4.46. The lowest BCUT2D eigenvalue weighted by atomic mass is 9.94. The minimum absolute atomic E-state index is 0.0231. The second kappa shape index (κ2) is 13.1. The molecular formula is C32H35NO7. The summed E-state index contributed by atoms with van der Waals surface area (Å²) in [4.78, 5) is 28.4. The van der Waals surface area contributed by atoms with Gasteiger partial charge in [0.1, 0.15) is 17.3 Å². The highest BCUT2D eigenvalue weighted by Gasteiger charge is 2.47. The molecule has 0 bridgehead atoms. The Morgan fingerprint density at radius 3 is 2.15 bits per heavy atom. The number of anilines is 1. The van der Waals surface area contributed by atoms with Gasteiger partial charge in [-0.3, -0.25) is 14.5 Å². The molecule has 3 aromatic carbocycles. The smallest absolute Gasteiger partial charge is 0.300 e. The van der Waals surface area contributed by atoms with E-state index in [9.17, 15) is 14.7 Å². The number of carbonyl (C=O) groups excluding carboxylic acids is 2. The number of methoxy groups -OCH3 is 2. The molecule has 1 heterocycles. The minimum atomic E-state index is -0.913. The molecule has 0 radical (unpaired) electrons. The Balaban J connectivity index is 1.80. The third-order valence-electron chi connectivity index (χ3n) is 6.74. The van der Waals surface area contributed by atoms with Gasteiger partial charge in [-0.2, -0.15) is 0 Å². The fourth-order valence-electron chi connectivity index (χ4n) is 4.70. The maximum absolute atomic E-state index is 13.5. The summed E-state index contributed by atoms with van der Waals surface area (Å²) in [5.74, 6) is 0.448. The van der Waals surface area contributed by atoms with Crippen LogP contribution in [0.2, 0.25) is 0 Å². The summed E-state index contributed by atoms with van der Waals surface area (Å²) in [6, 6.07) is 18.0. The van der Waals surface area contributed by atoms with Crippen molar-refractivity contribution in [2.75, 3.05) is 32.3 Å². The highest BCUT2D eigenvalue weighted by molar-refractivity contribution is 6.51. The number of amides is 1. The van der Waals surface area contributed by atoms with Crippen LogP contribution < -0.4 is 23.8 Å². The van der Waals surface area contributed by atoms with Crippen molar-refractivity contribution < 1.29 is 33.6 Å². The maximum atomic E-state index is 13.5. The van der Waals surface area contributed by atoms with Gasteiger partial charge in [0.05, 0.1) is 39.0 Å². The Bertz CT molecular complexity index is 1360. The number of rotatable bonds is 12. The van der Waals surface area contributed by atoms with E-state index in [0.717, 1.165) is 19.3 Å². The highest BCUT2D eigenvalue weighted by atomic mass is 16.5. The lowest BCUT2D eigenvalue weighted by Crippen LogP contribution is -2.29.